The molecular formula is C11H18N4O. The number of aryl methyl sites for hydroxylation is 1. The van der Waals surface area contributed by atoms with E-state index in [2.05, 4.69) is 15.7 Å². The molecule has 16 heavy (non-hydrogen) atoms. The molecule has 0 radical (unpaired) electrons. The van der Waals surface area contributed by atoms with Gasteiger partial charge in [-0.25, -0.2) is 0 Å². The van der Waals surface area contributed by atoms with E-state index in [0.29, 0.717) is 6.04 Å². The Hall–Kier alpha value is -1.36. The molecule has 5 nitrogen and oxygen atoms in total. The molecular weight excluding hydrogens is 204 g/mol. The summed E-state index contributed by atoms with van der Waals surface area (Å²) in [4.78, 5) is 10.8. The molecule has 1 aromatic rings. The van der Waals surface area contributed by atoms with Crippen LogP contribution < -0.4 is 10.6 Å². The van der Waals surface area contributed by atoms with Gasteiger partial charge in [-0.2, -0.15) is 5.10 Å². The highest BCUT2D eigenvalue weighted by molar-refractivity contribution is 5.88. The van der Waals surface area contributed by atoms with Gasteiger partial charge in [0.2, 0.25) is 5.91 Å². The van der Waals surface area contributed by atoms with Crippen LogP contribution in [0.25, 0.3) is 0 Å². The summed E-state index contributed by atoms with van der Waals surface area (Å²) in [5.41, 5.74) is 0.770. The fourth-order valence-corrected chi connectivity index (χ4v) is 2.04. The predicted octanol–water partition coefficient (Wildman–Crippen LogP) is 0.984. The number of nitrogens with one attached hydrogen (secondary N) is 2. The predicted molar refractivity (Wildman–Crippen MR) is 62.2 cm³/mol. The minimum absolute atomic E-state index is 0.0583. The lowest BCUT2D eigenvalue weighted by Crippen LogP contribution is -2.22. The van der Waals surface area contributed by atoms with Gasteiger partial charge >= 0.3 is 0 Å². The first kappa shape index (κ1) is 11.1. The largest absolute Gasteiger partial charge is 0.324 e. The van der Waals surface area contributed by atoms with Crippen LogP contribution in [0.1, 0.15) is 26.2 Å². The first-order valence-corrected chi connectivity index (χ1v) is 5.77. The van der Waals surface area contributed by atoms with E-state index in [1.807, 2.05) is 10.9 Å². The van der Waals surface area contributed by atoms with E-state index in [4.69, 9.17) is 0 Å². The minimum atomic E-state index is -0.0583. The Morgan fingerprint density at radius 2 is 2.62 bits per heavy atom. The van der Waals surface area contributed by atoms with Crippen LogP contribution in [0.5, 0.6) is 0 Å². The highest BCUT2D eigenvalue weighted by Crippen LogP contribution is 2.11. The standard InChI is InChI=1S/C11H18N4O/c1-9(16)14-11-7-13-15(8-11)6-4-10-3-2-5-12-10/h7-8,10,12H,2-6H2,1H3,(H,14,16). The van der Waals surface area contributed by atoms with Gasteiger partial charge in [-0.1, -0.05) is 0 Å². The summed E-state index contributed by atoms with van der Waals surface area (Å²) in [6.07, 6.45) is 7.20. The van der Waals surface area contributed by atoms with Crippen molar-refractivity contribution in [2.24, 2.45) is 0 Å². The first-order valence-electron chi connectivity index (χ1n) is 5.77. The Bertz CT molecular complexity index is 355. The van der Waals surface area contributed by atoms with Gasteiger partial charge in [-0.3, -0.25) is 9.48 Å². The van der Waals surface area contributed by atoms with Gasteiger partial charge in [0.25, 0.3) is 0 Å². The summed E-state index contributed by atoms with van der Waals surface area (Å²) in [6, 6.07) is 0.633. The van der Waals surface area contributed by atoms with Crippen molar-refractivity contribution in [2.45, 2.75) is 38.8 Å². The molecule has 0 aromatic carbocycles. The third-order valence-electron chi connectivity index (χ3n) is 2.82. The van der Waals surface area contributed by atoms with Crippen molar-refractivity contribution in [1.82, 2.24) is 15.1 Å². The summed E-state index contributed by atoms with van der Waals surface area (Å²) in [5, 5.41) is 10.4. The van der Waals surface area contributed by atoms with Crippen LogP contribution in [-0.2, 0) is 11.3 Å². The number of hydrogen-bond donors (Lipinski definition) is 2. The number of carbonyl (C=O) groups excluding carboxylic acids is 1. The van der Waals surface area contributed by atoms with E-state index < -0.39 is 0 Å². The molecule has 1 saturated heterocycles. The second-order valence-corrected chi connectivity index (χ2v) is 4.26. The zero-order valence-electron chi connectivity index (χ0n) is 9.57. The summed E-state index contributed by atoms with van der Waals surface area (Å²) >= 11 is 0. The molecule has 1 aliphatic heterocycles. The van der Waals surface area contributed by atoms with E-state index in [-0.39, 0.29) is 5.91 Å². The first-order chi connectivity index (χ1) is 7.74. The number of nitrogens with zero attached hydrogens (tertiary/aromatic N) is 2. The maximum Gasteiger partial charge on any atom is 0.221 e. The van der Waals surface area contributed by atoms with Crippen molar-refractivity contribution >= 4 is 11.6 Å². The van der Waals surface area contributed by atoms with Gasteiger partial charge in [0, 0.05) is 25.7 Å². The lowest BCUT2D eigenvalue weighted by atomic mass is 10.2. The maximum atomic E-state index is 10.8. The van der Waals surface area contributed by atoms with E-state index in [0.717, 1.165) is 25.2 Å². The van der Waals surface area contributed by atoms with Crippen molar-refractivity contribution in [3.63, 3.8) is 0 Å². The minimum Gasteiger partial charge on any atom is -0.324 e. The maximum absolute atomic E-state index is 10.8. The van der Waals surface area contributed by atoms with Gasteiger partial charge < -0.3 is 10.6 Å². The van der Waals surface area contributed by atoms with Crippen molar-refractivity contribution in [3.8, 4) is 0 Å². The molecule has 1 fully saturated rings. The van der Waals surface area contributed by atoms with Crippen LogP contribution in [0.4, 0.5) is 5.69 Å². The van der Waals surface area contributed by atoms with Crippen LogP contribution in [0, 0.1) is 0 Å². The smallest absolute Gasteiger partial charge is 0.221 e. The Morgan fingerprint density at radius 1 is 1.75 bits per heavy atom. The van der Waals surface area contributed by atoms with Crippen molar-refractivity contribution < 1.29 is 4.79 Å². The highest BCUT2D eigenvalue weighted by atomic mass is 16.1. The molecule has 0 saturated carbocycles. The Labute approximate surface area is 95.2 Å². The monoisotopic (exact) mass is 222 g/mol. The van der Waals surface area contributed by atoms with Crippen LogP contribution in [0.2, 0.25) is 0 Å². The number of carbonyl (C=O) groups is 1. The number of aromatic nitrogens is 2. The lowest BCUT2D eigenvalue weighted by Gasteiger charge is -2.09. The number of amides is 1. The van der Waals surface area contributed by atoms with Crippen LogP contribution >= 0.6 is 0 Å². The van der Waals surface area contributed by atoms with Gasteiger partial charge in [0.1, 0.15) is 0 Å². The van der Waals surface area contributed by atoms with Gasteiger partial charge in [0.05, 0.1) is 11.9 Å². The fraction of sp³-hybridized carbons (Fsp3) is 0.636. The molecule has 88 valence electrons. The average Bonchev–Trinajstić information content (AvgIpc) is 2.84. The molecule has 2 heterocycles. The lowest BCUT2D eigenvalue weighted by molar-refractivity contribution is -0.114. The SMILES string of the molecule is CC(=O)Nc1cnn(CCC2CCCN2)c1. The summed E-state index contributed by atoms with van der Waals surface area (Å²) < 4.78 is 1.88. The Morgan fingerprint density at radius 3 is 3.31 bits per heavy atom. The van der Waals surface area contributed by atoms with Gasteiger partial charge in [0.15, 0.2) is 0 Å². The third kappa shape index (κ3) is 3.06. The number of hydrogen-bond acceptors (Lipinski definition) is 3. The van der Waals surface area contributed by atoms with Gasteiger partial charge in [-0.15, -0.1) is 0 Å². The van der Waals surface area contributed by atoms with E-state index >= 15 is 0 Å². The summed E-state index contributed by atoms with van der Waals surface area (Å²) in [6.45, 7) is 3.54. The molecule has 0 aliphatic carbocycles. The second-order valence-electron chi connectivity index (χ2n) is 4.26. The molecule has 1 amide bonds. The van der Waals surface area contributed by atoms with Crippen molar-refractivity contribution in [2.75, 3.05) is 11.9 Å². The average molecular weight is 222 g/mol. The fourth-order valence-electron chi connectivity index (χ4n) is 2.04. The van der Waals surface area contributed by atoms with E-state index in [9.17, 15) is 4.79 Å². The Kier molecular flexibility index (Phi) is 3.56. The second kappa shape index (κ2) is 5.12. The quantitative estimate of drug-likeness (QED) is 0.798. The molecule has 0 bridgehead atoms. The molecule has 1 atom stereocenters. The molecule has 1 unspecified atom stereocenters. The third-order valence-corrected chi connectivity index (χ3v) is 2.82. The molecule has 0 spiro atoms. The van der Waals surface area contributed by atoms with Crippen molar-refractivity contribution in [3.05, 3.63) is 12.4 Å². The molecule has 1 aliphatic rings. The van der Waals surface area contributed by atoms with Crippen LogP contribution in [-0.4, -0.2) is 28.3 Å². The molecule has 2 rings (SSSR count). The summed E-state index contributed by atoms with van der Waals surface area (Å²) in [7, 11) is 0. The number of anilines is 1. The van der Waals surface area contributed by atoms with E-state index in [1.165, 1.54) is 19.8 Å². The summed E-state index contributed by atoms with van der Waals surface area (Å²) in [5.74, 6) is -0.0583. The van der Waals surface area contributed by atoms with Crippen LogP contribution in [0.15, 0.2) is 12.4 Å². The molecule has 1 aromatic heterocycles. The van der Waals surface area contributed by atoms with Gasteiger partial charge in [-0.05, 0) is 25.8 Å². The van der Waals surface area contributed by atoms with E-state index in [1.54, 1.807) is 6.20 Å². The zero-order chi connectivity index (χ0) is 11.4. The normalized spacial score (nSPS) is 19.9. The molecule has 2 N–H and O–H groups in total. The zero-order valence-corrected chi connectivity index (χ0v) is 9.57. The van der Waals surface area contributed by atoms with Crippen molar-refractivity contribution in [1.29, 1.82) is 0 Å². The Balaban J connectivity index is 1.80. The van der Waals surface area contributed by atoms with Crippen LogP contribution in [0.3, 0.4) is 0 Å². The highest BCUT2D eigenvalue weighted by Gasteiger charge is 2.13. The topological polar surface area (TPSA) is 59.0 Å². The molecule has 5 heteroatoms. The number of rotatable bonds is 4.